The van der Waals surface area contributed by atoms with Gasteiger partial charge in [0.2, 0.25) is 10.0 Å². The number of furan rings is 1. The van der Waals surface area contributed by atoms with Gasteiger partial charge < -0.3 is 14.3 Å². The van der Waals surface area contributed by atoms with Crippen LogP contribution < -0.4 is 4.74 Å². The van der Waals surface area contributed by atoms with Gasteiger partial charge in [-0.25, -0.2) is 12.7 Å². The average molecular weight is 397 g/mol. The molecule has 0 amide bonds. The number of aliphatic carboxylic acids is 1. The summed E-state index contributed by atoms with van der Waals surface area (Å²) in [7, 11) is -2.67. The Hall–Kier alpha value is -2.39. The smallest absolute Gasteiger partial charge is 0.304 e. The molecule has 0 aliphatic rings. The molecule has 0 radical (unpaired) electrons. The molecule has 0 fully saturated rings. The van der Waals surface area contributed by atoms with Crippen molar-refractivity contribution in [3.05, 3.63) is 24.0 Å². The van der Waals surface area contributed by atoms with Crippen LogP contribution >= 0.6 is 0 Å². The number of carboxylic acids is 1. The Labute approximate surface area is 157 Å². The minimum Gasteiger partial charge on any atom is -0.490 e. The van der Waals surface area contributed by atoms with Gasteiger partial charge >= 0.3 is 5.97 Å². The third-order valence-corrected chi connectivity index (χ3v) is 5.95. The third-order valence-electron chi connectivity index (χ3n) is 4.04. The van der Waals surface area contributed by atoms with Crippen molar-refractivity contribution >= 4 is 32.7 Å². The summed E-state index contributed by atoms with van der Waals surface area (Å²) in [5.41, 5.74) is 0.184. The van der Waals surface area contributed by atoms with Crippen LogP contribution in [-0.4, -0.2) is 49.8 Å². The summed E-state index contributed by atoms with van der Waals surface area (Å²) < 4.78 is 37.9. The second kappa shape index (κ2) is 8.53. The van der Waals surface area contributed by atoms with E-state index in [1.807, 2.05) is 6.92 Å². The van der Waals surface area contributed by atoms with Gasteiger partial charge in [0.15, 0.2) is 22.9 Å². The van der Waals surface area contributed by atoms with E-state index in [2.05, 4.69) is 0 Å². The van der Waals surface area contributed by atoms with Crippen LogP contribution in [-0.2, 0) is 14.8 Å². The van der Waals surface area contributed by atoms with Gasteiger partial charge in [0.25, 0.3) is 0 Å². The summed E-state index contributed by atoms with van der Waals surface area (Å²) in [5, 5.41) is 9.02. The van der Waals surface area contributed by atoms with Crippen LogP contribution in [0.5, 0.6) is 5.75 Å². The fraction of sp³-hybridized carbons (Fsp3) is 0.444. The molecule has 27 heavy (non-hydrogen) atoms. The lowest BCUT2D eigenvalue weighted by molar-refractivity contribution is -0.137. The van der Waals surface area contributed by atoms with Crippen molar-refractivity contribution in [1.29, 1.82) is 0 Å². The van der Waals surface area contributed by atoms with Crippen molar-refractivity contribution in [2.75, 3.05) is 20.2 Å². The number of unbranched alkanes of at least 4 members (excludes halogenated alkanes) is 1. The first-order valence-corrected chi connectivity index (χ1v) is 10.0. The quantitative estimate of drug-likeness (QED) is 0.484. The Balaban J connectivity index is 2.52. The fourth-order valence-electron chi connectivity index (χ4n) is 2.45. The van der Waals surface area contributed by atoms with Crippen molar-refractivity contribution in [2.24, 2.45) is 0 Å². The number of benzene rings is 1. The number of hydrogen-bond donors (Lipinski definition) is 1. The van der Waals surface area contributed by atoms with E-state index < -0.39 is 16.0 Å². The fourth-order valence-corrected chi connectivity index (χ4v) is 3.79. The monoisotopic (exact) mass is 397 g/mol. The second-order valence-corrected chi connectivity index (χ2v) is 8.16. The normalized spacial score (nSPS) is 11.9. The Morgan fingerprint density at radius 3 is 2.59 bits per heavy atom. The molecule has 0 aliphatic heterocycles. The maximum Gasteiger partial charge on any atom is 0.304 e. The minimum atomic E-state index is -3.97. The standard InChI is InChI=1S/C18H23NO7S/c1-4-5-10-25-14-6-7-16(13-11-15(12(2)20)26-18(13)14)27(23,24)19(3)9-8-17(21)22/h6-7,11H,4-5,8-10H2,1-3H3,(H,21,22). The zero-order chi connectivity index (χ0) is 20.2. The van der Waals surface area contributed by atoms with Crippen LogP contribution in [0.15, 0.2) is 27.5 Å². The highest BCUT2D eigenvalue weighted by molar-refractivity contribution is 7.89. The van der Waals surface area contributed by atoms with Gasteiger partial charge in [-0.3, -0.25) is 9.59 Å². The topological polar surface area (TPSA) is 114 Å². The van der Waals surface area contributed by atoms with E-state index in [-0.39, 0.29) is 40.4 Å². The number of carbonyl (C=O) groups is 2. The molecule has 0 atom stereocenters. The number of hydrogen-bond acceptors (Lipinski definition) is 6. The number of carbonyl (C=O) groups excluding carboxylic acids is 1. The first-order chi connectivity index (χ1) is 12.7. The van der Waals surface area contributed by atoms with Gasteiger partial charge in [-0.15, -0.1) is 0 Å². The van der Waals surface area contributed by atoms with Crippen LogP contribution in [0.4, 0.5) is 0 Å². The largest absolute Gasteiger partial charge is 0.490 e. The first kappa shape index (κ1) is 20.9. The number of ketones is 1. The minimum absolute atomic E-state index is 0.0289. The first-order valence-electron chi connectivity index (χ1n) is 8.57. The third kappa shape index (κ3) is 4.67. The summed E-state index contributed by atoms with van der Waals surface area (Å²) in [6.07, 6.45) is 1.43. The lowest BCUT2D eigenvalue weighted by Crippen LogP contribution is -2.29. The van der Waals surface area contributed by atoms with Crippen molar-refractivity contribution in [2.45, 2.75) is 38.0 Å². The molecule has 0 saturated heterocycles. The highest BCUT2D eigenvalue weighted by Gasteiger charge is 2.27. The molecule has 9 heteroatoms. The van der Waals surface area contributed by atoms with E-state index >= 15 is 0 Å². The number of ether oxygens (including phenoxy) is 1. The highest BCUT2D eigenvalue weighted by Crippen LogP contribution is 2.35. The van der Waals surface area contributed by atoms with Gasteiger partial charge in [-0.1, -0.05) is 13.3 Å². The van der Waals surface area contributed by atoms with Crippen LogP contribution in [0.25, 0.3) is 11.0 Å². The van der Waals surface area contributed by atoms with E-state index in [1.54, 1.807) is 0 Å². The molecule has 0 bridgehead atoms. The van der Waals surface area contributed by atoms with E-state index in [0.717, 1.165) is 17.1 Å². The molecule has 1 aromatic carbocycles. The summed E-state index contributed by atoms with van der Waals surface area (Å²) >= 11 is 0. The van der Waals surface area contributed by atoms with Crippen molar-refractivity contribution < 1.29 is 32.3 Å². The number of rotatable bonds is 10. The van der Waals surface area contributed by atoms with Gasteiger partial charge in [0.05, 0.1) is 17.9 Å². The Bertz CT molecular complexity index is 946. The molecule has 0 unspecified atom stereocenters. The van der Waals surface area contributed by atoms with Gasteiger partial charge in [0, 0.05) is 25.9 Å². The molecule has 148 valence electrons. The molecule has 1 N–H and O–H groups in total. The van der Waals surface area contributed by atoms with E-state index in [9.17, 15) is 18.0 Å². The number of fused-ring (bicyclic) bond motifs is 1. The summed E-state index contributed by atoms with van der Waals surface area (Å²) in [6, 6.07) is 4.25. The number of nitrogens with zero attached hydrogens (tertiary/aromatic N) is 1. The molecule has 2 rings (SSSR count). The number of carboxylic acid groups (broad SMARTS) is 1. The number of Topliss-reactive ketones (excluding diaryl/α,β-unsaturated/α-hetero) is 1. The SMILES string of the molecule is CCCCOc1ccc(S(=O)(=O)N(C)CCC(=O)O)c2cc(C(C)=O)oc12. The molecule has 0 saturated carbocycles. The van der Waals surface area contributed by atoms with E-state index in [1.165, 1.54) is 32.2 Å². The molecule has 1 heterocycles. The lowest BCUT2D eigenvalue weighted by atomic mass is 10.2. The Morgan fingerprint density at radius 2 is 2.00 bits per heavy atom. The molecule has 2 aromatic rings. The summed E-state index contributed by atoms with van der Waals surface area (Å²) in [6.45, 7) is 3.60. The molecule has 1 aromatic heterocycles. The lowest BCUT2D eigenvalue weighted by Gasteiger charge is -2.17. The number of sulfonamides is 1. The van der Waals surface area contributed by atoms with Crippen LogP contribution in [0, 0.1) is 0 Å². The van der Waals surface area contributed by atoms with Crippen LogP contribution in [0.2, 0.25) is 0 Å². The van der Waals surface area contributed by atoms with E-state index in [0.29, 0.717) is 12.4 Å². The molecular formula is C18H23NO7S. The molecular weight excluding hydrogens is 374 g/mol. The molecule has 0 aliphatic carbocycles. The maximum absolute atomic E-state index is 12.9. The van der Waals surface area contributed by atoms with Gasteiger partial charge in [0.1, 0.15) is 0 Å². The molecule has 0 spiro atoms. The summed E-state index contributed by atoms with van der Waals surface area (Å²) in [4.78, 5) is 22.4. The van der Waals surface area contributed by atoms with Crippen LogP contribution in [0.1, 0.15) is 43.7 Å². The van der Waals surface area contributed by atoms with Gasteiger partial charge in [-0.2, -0.15) is 0 Å². The van der Waals surface area contributed by atoms with E-state index in [4.69, 9.17) is 14.3 Å². The Kier molecular flexibility index (Phi) is 6.61. The summed E-state index contributed by atoms with van der Waals surface area (Å²) in [5.74, 6) is -1.04. The van der Waals surface area contributed by atoms with Gasteiger partial charge in [-0.05, 0) is 24.6 Å². The second-order valence-electron chi connectivity index (χ2n) is 6.14. The zero-order valence-electron chi connectivity index (χ0n) is 15.5. The van der Waals surface area contributed by atoms with Crippen molar-refractivity contribution in [3.63, 3.8) is 0 Å². The average Bonchev–Trinajstić information content (AvgIpc) is 3.05. The predicted octanol–water partition coefficient (Wildman–Crippen LogP) is 2.91. The van der Waals surface area contributed by atoms with Crippen molar-refractivity contribution in [1.82, 2.24) is 4.31 Å². The maximum atomic E-state index is 12.9. The van der Waals surface area contributed by atoms with Crippen molar-refractivity contribution in [3.8, 4) is 5.75 Å². The Morgan fingerprint density at radius 1 is 1.30 bits per heavy atom. The predicted molar refractivity (Wildman–Crippen MR) is 98.7 cm³/mol. The molecule has 8 nitrogen and oxygen atoms in total. The van der Waals surface area contributed by atoms with Crippen LogP contribution in [0.3, 0.4) is 0 Å². The highest BCUT2D eigenvalue weighted by atomic mass is 32.2. The zero-order valence-corrected chi connectivity index (χ0v) is 16.3.